The van der Waals surface area contributed by atoms with E-state index in [2.05, 4.69) is 17.9 Å². The average Bonchev–Trinajstić information content (AvgIpc) is 2.33. The highest BCUT2D eigenvalue weighted by Crippen LogP contribution is 2.57. The third-order valence-corrected chi connectivity index (χ3v) is 5.51. The Morgan fingerprint density at radius 2 is 1.70 bits per heavy atom. The minimum absolute atomic E-state index is 0.216. The van der Waals surface area contributed by atoms with E-state index in [1.165, 1.54) is 26.2 Å². The van der Waals surface area contributed by atoms with Gasteiger partial charge in [-0.15, -0.1) is 0 Å². The molecule has 0 aromatic rings. The van der Waals surface area contributed by atoms with Crippen LogP contribution in [0.1, 0.15) is 45.4 Å². The van der Waals surface area contributed by atoms with Crippen molar-refractivity contribution >= 4 is 24.5 Å². The molecule has 5 heteroatoms. The zero-order chi connectivity index (χ0) is 14.3. The smallest absolute Gasteiger partial charge is 0.330 e. The summed E-state index contributed by atoms with van der Waals surface area (Å²) < 4.78 is 5.90. The van der Waals surface area contributed by atoms with Crippen molar-refractivity contribution in [2.75, 3.05) is 5.75 Å². The quantitative estimate of drug-likeness (QED) is 0.616. The fourth-order valence-electron chi connectivity index (χ4n) is 4.87. The van der Waals surface area contributed by atoms with Crippen LogP contribution in [0.15, 0.2) is 0 Å². The Morgan fingerprint density at radius 3 is 2.10 bits per heavy atom. The van der Waals surface area contributed by atoms with Crippen LogP contribution < -0.4 is 5.32 Å². The first-order valence-corrected chi connectivity index (χ1v) is 8.24. The zero-order valence-corrected chi connectivity index (χ0v) is 12.8. The van der Waals surface area contributed by atoms with Crippen LogP contribution in [0.5, 0.6) is 0 Å². The minimum atomic E-state index is -0.621. The van der Waals surface area contributed by atoms with E-state index >= 15 is 0 Å². The predicted molar refractivity (Wildman–Crippen MR) is 78.5 cm³/mol. The maximum absolute atomic E-state index is 12.3. The maximum atomic E-state index is 12.3. The maximum Gasteiger partial charge on any atom is 0.330 e. The van der Waals surface area contributed by atoms with Crippen LogP contribution in [0.25, 0.3) is 0 Å². The lowest BCUT2D eigenvalue weighted by atomic mass is 9.54. The summed E-state index contributed by atoms with van der Waals surface area (Å²) in [7, 11) is 0. The molecule has 1 amide bonds. The SMILES string of the molecule is CC(=O)N[C@@H](CS)C(=O)OC12CC3CC(CC(C3)C1)C2. The number of ether oxygens (including phenoxy) is 1. The van der Waals surface area contributed by atoms with Gasteiger partial charge in [-0.1, -0.05) is 0 Å². The van der Waals surface area contributed by atoms with E-state index in [1.54, 1.807) is 0 Å². The van der Waals surface area contributed by atoms with Crippen molar-refractivity contribution in [3.8, 4) is 0 Å². The number of carbonyl (C=O) groups excluding carboxylic acids is 2. The molecule has 0 aromatic carbocycles. The second-order valence-electron chi connectivity index (χ2n) is 6.96. The van der Waals surface area contributed by atoms with Crippen LogP contribution in [0.2, 0.25) is 0 Å². The normalized spacial score (nSPS) is 39.4. The second kappa shape index (κ2) is 5.24. The first-order valence-electron chi connectivity index (χ1n) is 7.60. The number of hydrogen-bond donors (Lipinski definition) is 2. The van der Waals surface area contributed by atoms with Crippen molar-refractivity contribution in [3.05, 3.63) is 0 Å². The van der Waals surface area contributed by atoms with Crippen LogP contribution in [0.3, 0.4) is 0 Å². The van der Waals surface area contributed by atoms with E-state index in [1.807, 2.05) is 0 Å². The molecule has 0 radical (unpaired) electrons. The number of rotatable bonds is 4. The van der Waals surface area contributed by atoms with E-state index in [0.29, 0.717) is 0 Å². The Bertz CT molecular complexity index is 388. The van der Waals surface area contributed by atoms with Gasteiger partial charge in [0.1, 0.15) is 11.6 Å². The summed E-state index contributed by atoms with van der Waals surface area (Å²) in [5.74, 6) is 1.98. The summed E-state index contributed by atoms with van der Waals surface area (Å²) in [6, 6.07) is -0.621. The monoisotopic (exact) mass is 297 g/mol. The topological polar surface area (TPSA) is 55.4 Å². The Kier molecular flexibility index (Phi) is 3.73. The summed E-state index contributed by atoms with van der Waals surface area (Å²) in [6.07, 6.45) is 7.01. The van der Waals surface area contributed by atoms with E-state index in [4.69, 9.17) is 4.74 Å². The molecule has 112 valence electrons. The third-order valence-electron chi connectivity index (χ3n) is 5.14. The Morgan fingerprint density at radius 1 is 1.20 bits per heavy atom. The fraction of sp³-hybridized carbons (Fsp3) is 0.867. The van der Waals surface area contributed by atoms with Crippen molar-refractivity contribution in [1.82, 2.24) is 5.32 Å². The number of nitrogens with one attached hydrogen (secondary N) is 1. The van der Waals surface area contributed by atoms with Gasteiger partial charge in [-0.25, -0.2) is 4.79 Å². The van der Waals surface area contributed by atoms with Gasteiger partial charge in [0.05, 0.1) is 0 Å². The summed E-state index contributed by atoms with van der Waals surface area (Å²) in [5, 5.41) is 2.62. The number of esters is 1. The second-order valence-corrected chi connectivity index (χ2v) is 7.32. The van der Waals surface area contributed by atoms with Gasteiger partial charge in [-0.2, -0.15) is 12.6 Å². The van der Waals surface area contributed by atoms with Gasteiger partial charge < -0.3 is 10.1 Å². The lowest BCUT2D eigenvalue weighted by Crippen LogP contribution is -2.55. The number of amides is 1. The molecular formula is C15H23NO3S. The zero-order valence-electron chi connectivity index (χ0n) is 11.9. The number of carbonyl (C=O) groups is 2. The summed E-state index contributed by atoms with van der Waals surface area (Å²) in [5.41, 5.74) is -0.245. The summed E-state index contributed by atoms with van der Waals surface area (Å²) in [4.78, 5) is 23.4. The van der Waals surface area contributed by atoms with Crippen molar-refractivity contribution in [1.29, 1.82) is 0 Å². The van der Waals surface area contributed by atoms with Crippen molar-refractivity contribution in [2.45, 2.75) is 57.1 Å². The number of hydrogen-bond acceptors (Lipinski definition) is 4. The van der Waals surface area contributed by atoms with E-state index in [9.17, 15) is 9.59 Å². The molecule has 4 bridgehead atoms. The molecule has 0 unspecified atom stereocenters. The molecule has 0 aromatic heterocycles. The van der Waals surface area contributed by atoms with Crippen LogP contribution in [-0.4, -0.2) is 29.3 Å². The highest BCUT2D eigenvalue weighted by Gasteiger charge is 2.53. The van der Waals surface area contributed by atoms with Gasteiger partial charge in [-0.05, 0) is 56.3 Å². The Balaban J connectivity index is 1.67. The average molecular weight is 297 g/mol. The highest BCUT2D eigenvalue weighted by atomic mass is 32.1. The largest absolute Gasteiger partial charge is 0.457 e. The van der Waals surface area contributed by atoms with E-state index in [-0.39, 0.29) is 23.2 Å². The molecule has 0 aliphatic heterocycles. The Labute approximate surface area is 125 Å². The molecule has 0 heterocycles. The number of thiol groups is 1. The first-order chi connectivity index (χ1) is 9.49. The molecule has 0 saturated heterocycles. The Hall–Kier alpha value is -0.710. The first kappa shape index (κ1) is 14.2. The predicted octanol–water partition coefficient (Wildman–Crippen LogP) is 1.93. The van der Waals surface area contributed by atoms with Crippen molar-refractivity contribution in [3.63, 3.8) is 0 Å². The van der Waals surface area contributed by atoms with Gasteiger partial charge in [0.15, 0.2) is 0 Å². The third kappa shape index (κ3) is 2.69. The van der Waals surface area contributed by atoms with Gasteiger partial charge in [-0.3, -0.25) is 4.79 Å². The lowest BCUT2D eigenvalue weighted by molar-refractivity contribution is -0.188. The standard InChI is InChI=1S/C15H23NO3S/c1-9(17)16-13(8-20)14(18)19-15-5-10-2-11(6-15)4-12(3-10)7-15/h10-13,20H,2-8H2,1H3,(H,16,17)/t10?,11?,12?,13-,15?/m0/s1. The summed E-state index contributed by atoms with van der Waals surface area (Å²) >= 11 is 4.15. The molecule has 4 nitrogen and oxygen atoms in total. The lowest BCUT2D eigenvalue weighted by Gasteiger charge is -2.55. The highest BCUT2D eigenvalue weighted by molar-refractivity contribution is 7.80. The van der Waals surface area contributed by atoms with Gasteiger partial charge in [0, 0.05) is 12.7 Å². The van der Waals surface area contributed by atoms with Crippen LogP contribution in [0.4, 0.5) is 0 Å². The molecule has 1 N–H and O–H groups in total. The van der Waals surface area contributed by atoms with Crippen molar-refractivity contribution < 1.29 is 14.3 Å². The molecule has 4 saturated carbocycles. The molecule has 20 heavy (non-hydrogen) atoms. The van der Waals surface area contributed by atoms with E-state index in [0.717, 1.165) is 37.0 Å². The van der Waals surface area contributed by atoms with Crippen LogP contribution in [-0.2, 0) is 14.3 Å². The fourth-order valence-corrected chi connectivity index (χ4v) is 5.11. The molecule has 4 aliphatic carbocycles. The molecule has 4 aliphatic rings. The van der Waals surface area contributed by atoms with Crippen LogP contribution in [0, 0.1) is 17.8 Å². The van der Waals surface area contributed by atoms with Crippen LogP contribution >= 0.6 is 12.6 Å². The van der Waals surface area contributed by atoms with Gasteiger partial charge in [0.25, 0.3) is 0 Å². The summed E-state index contributed by atoms with van der Waals surface area (Å²) in [6.45, 7) is 1.41. The van der Waals surface area contributed by atoms with Gasteiger partial charge >= 0.3 is 5.97 Å². The molecule has 1 atom stereocenters. The molecular weight excluding hydrogens is 274 g/mol. The van der Waals surface area contributed by atoms with E-state index < -0.39 is 6.04 Å². The molecule has 0 spiro atoms. The molecule has 4 fully saturated rings. The molecule has 4 rings (SSSR count). The minimum Gasteiger partial charge on any atom is -0.457 e. The van der Waals surface area contributed by atoms with Gasteiger partial charge in [0.2, 0.25) is 5.91 Å². The van der Waals surface area contributed by atoms with Crippen molar-refractivity contribution in [2.24, 2.45) is 17.8 Å².